The molecule has 0 radical (unpaired) electrons. The number of halogens is 1. The number of benzene rings is 2. The van der Waals surface area contributed by atoms with E-state index in [1.807, 2.05) is 0 Å². The van der Waals surface area contributed by atoms with Gasteiger partial charge in [-0.15, -0.1) is 0 Å². The molecule has 1 aliphatic rings. The Hall–Kier alpha value is -3.43. The standard InChI is InChI=1S/C21H16ClN3O5S/c22-16-6-1-15(2-7-16)13-18-20(27)24(21(28)31-18)12-11-23-19(26)10-5-14-3-8-17(9-4-14)25(29)30/h1-10,13H,11-12H2,(H,23,26)/b10-5+,18-13-. The summed E-state index contributed by atoms with van der Waals surface area (Å²) in [6, 6.07) is 12.6. The van der Waals surface area contributed by atoms with Crippen molar-refractivity contribution in [3.8, 4) is 0 Å². The Morgan fingerprint density at radius 2 is 1.74 bits per heavy atom. The van der Waals surface area contributed by atoms with Crippen LogP contribution in [-0.4, -0.2) is 40.0 Å². The minimum atomic E-state index is -0.504. The Balaban J connectivity index is 1.51. The number of carbonyl (C=O) groups is 3. The summed E-state index contributed by atoms with van der Waals surface area (Å²) in [6.07, 6.45) is 4.40. The predicted molar refractivity (Wildman–Crippen MR) is 119 cm³/mol. The maximum atomic E-state index is 12.5. The van der Waals surface area contributed by atoms with Gasteiger partial charge in [0, 0.05) is 36.3 Å². The predicted octanol–water partition coefficient (Wildman–Crippen LogP) is 4.11. The van der Waals surface area contributed by atoms with Gasteiger partial charge in [-0.05, 0) is 59.3 Å². The Morgan fingerprint density at radius 3 is 2.39 bits per heavy atom. The van der Waals surface area contributed by atoms with Gasteiger partial charge >= 0.3 is 0 Å². The van der Waals surface area contributed by atoms with Crippen molar-refractivity contribution in [3.05, 3.63) is 85.8 Å². The van der Waals surface area contributed by atoms with Gasteiger partial charge in [0.2, 0.25) is 5.91 Å². The quantitative estimate of drug-likeness (QED) is 0.380. The lowest BCUT2D eigenvalue weighted by Crippen LogP contribution is -2.36. The van der Waals surface area contributed by atoms with Crippen molar-refractivity contribution in [1.82, 2.24) is 10.2 Å². The number of nitrogens with one attached hydrogen (secondary N) is 1. The lowest BCUT2D eigenvalue weighted by molar-refractivity contribution is -0.384. The highest BCUT2D eigenvalue weighted by Gasteiger charge is 2.34. The van der Waals surface area contributed by atoms with E-state index in [0.717, 1.165) is 22.2 Å². The lowest BCUT2D eigenvalue weighted by Gasteiger charge is -2.12. The van der Waals surface area contributed by atoms with Gasteiger partial charge < -0.3 is 5.32 Å². The van der Waals surface area contributed by atoms with Gasteiger partial charge in [-0.3, -0.25) is 29.4 Å². The molecule has 10 heteroatoms. The van der Waals surface area contributed by atoms with Crippen LogP contribution in [-0.2, 0) is 9.59 Å². The van der Waals surface area contributed by atoms with Crippen LogP contribution >= 0.6 is 23.4 Å². The summed E-state index contributed by atoms with van der Waals surface area (Å²) in [6.45, 7) is 0.134. The van der Waals surface area contributed by atoms with E-state index in [4.69, 9.17) is 11.6 Å². The molecule has 1 aliphatic heterocycles. The number of hydrogen-bond donors (Lipinski definition) is 1. The number of nitro groups is 1. The molecule has 0 spiro atoms. The molecule has 31 heavy (non-hydrogen) atoms. The first kappa shape index (κ1) is 22.3. The van der Waals surface area contributed by atoms with Crippen LogP contribution in [0.5, 0.6) is 0 Å². The van der Waals surface area contributed by atoms with Gasteiger partial charge in [0.25, 0.3) is 16.8 Å². The van der Waals surface area contributed by atoms with Gasteiger partial charge in [-0.2, -0.15) is 0 Å². The van der Waals surface area contributed by atoms with E-state index in [0.29, 0.717) is 15.5 Å². The van der Waals surface area contributed by atoms with Crippen molar-refractivity contribution in [3.63, 3.8) is 0 Å². The molecule has 0 aromatic heterocycles. The van der Waals surface area contributed by atoms with Crippen molar-refractivity contribution >= 4 is 58.3 Å². The summed E-state index contributed by atoms with van der Waals surface area (Å²) in [5.74, 6) is -0.831. The summed E-state index contributed by atoms with van der Waals surface area (Å²) in [7, 11) is 0. The SMILES string of the molecule is O=C(/C=C/c1ccc([N+](=O)[O-])cc1)NCCN1C(=O)S/C(=C\c2ccc(Cl)cc2)C1=O. The second-order valence-corrected chi connectivity index (χ2v) is 7.79. The third-order valence-corrected chi connectivity index (χ3v) is 5.37. The molecule has 0 aliphatic carbocycles. The zero-order chi connectivity index (χ0) is 22.4. The Morgan fingerprint density at radius 1 is 1.10 bits per heavy atom. The average Bonchev–Trinajstić information content (AvgIpc) is 3.01. The maximum absolute atomic E-state index is 12.5. The van der Waals surface area contributed by atoms with Crippen LogP contribution in [0, 0.1) is 10.1 Å². The first-order valence-electron chi connectivity index (χ1n) is 9.05. The van der Waals surface area contributed by atoms with Crippen LogP contribution in [0.15, 0.2) is 59.5 Å². The third kappa shape index (κ3) is 6.03. The molecular formula is C21H16ClN3O5S. The summed E-state index contributed by atoms with van der Waals surface area (Å²) >= 11 is 6.68. The minimum absolute atomic E-state index is 0.0381. The fraction of sp³-hybridized carbons (Fsp3) is 0.0952. The molecule has 1 N–H and O–H groups in total. The summed E-state index contributed by atoms with van der Waals surface area (Å²) in [5, 5.41) is 13.4. The van der Waals surface area contributed by atoms with E-state index in [1.54, 1.807) is 30.3 Å². The van der Waals surface area contributed by atoms with E-state index in [2.05, 4.69) is 5.32 Å². The van der Waals surface area contributed by atoms with Crippen molar-refractivity contribution in [2.45, 2.75) is 0 Å². The zero-order valence-electron chi connectivity index (χ0n) is 16.0. The first-order valence-corrected chi connectivity index (χ1v) is 10.2. The maximum Gasteiger partial charge on any atom is 0.293 e. The molecule has 3 amide bonds. The Kier molecular flexibility index (Phi) is 7.22. The number of amides is 3. The monoisotopic (exact) mass is 457 g/mol. The highest BCUT2D eigenvalue weighted by molar-refractivity contribution is 8.18. The number of thioether (sulfide) groups is 1. The molecule has 1 heterocycles. The number of hydrogen-bond acceptors (Lipinski definition) is 6. The van der Waals surface area contributed by atoms with E-state index < -0.39 is 22.0 Å². The number of non-ortho nitro benzene ring substituents is 1. The van der Waals surface area contributed by atoms with Crippen LogP contribution < -0.4 is 5.32 Å². The molecule has 3 rings (SSSR count). The van der Waals surface area contributed by atoms with E-state index in [-0.39, 0.29) is 18.8 Å². The largest absolute Gasteiger partial charge is 0.351 e. The summed E-state index contributed by atoms with van der Waals surface area (Å²) in [5.41, 5.74) is 1.34. The fourth-order valence-electron chi connectivity index (χ4n) is 2.63. The molecule has 2 aromatic carbocycles. The molecule has 0 bridgehead atoms. The van der Waals surface area contributed by atoms with Crippen LogP contribution in [0.1, 0.15) is 11.1 Å². The molecule has 2 aromatic rings. The van der Waals surface area contributed by atoms with Crippen LogP contribution in [0.3, 0.4) is 0 Å². The van der Waals surface area contributed by atoms with Crippen molar-refractivity contribution in [2.24, 2.45) is 0 Å². The molecule has 1 fully saturated rings. The van der Waals surface area contributed by atoms with Gasteiger partial charge in [0.15, 0.2) is 0 Å². The molecular weight excluding hydrogens is 442 g/mol. The van der Waals surface area contributed by atoms with Gasteiger partial charge in [0.1, 0.15) is 0 Å². The fourth-order valence-corrected chi connectivity index (χ4v) is 3.62. The van der Waals surface area contributed by atoms with Crippen LogP contribution in [0.2, 0.25) is 5.02 Å². The summed E-state index contributed by atoms with van der Waals surface area (Å²) in [4.78, 5) is 48.0. The third-order valence-electron chi connectivity index (χ3n) is 4.21. The molecule has 158 valence electrons. The Labute approximate surface area is 186 Å². The van der Waals surface area contributed by atoms with Gasteiger partial charge in [0.05, 0.1) is 9.83 Å². The van der Waals surface area contributed by atoms with E-state index >= 15 is 0 Å². The first-order chi connectivity index (χ1) is 14.8. The molecule has 0 atom stereocenters. The number of nitrogens with zero attached hydrogens (tertiary/aromatic N) is 2. The van der Waals surface area contributed by atoms with E-state index in [1.165, 1.54) is 36.4 Å². The van der Waals surface area contributed by atoms with Crippen LogP contribution in [0.25, 0.3) is 12.2 Å². The number of carbonyl (C=O) groups excluding carboxylic acids is 3. The summed E-state index contributed by atoms with van der Waals surface area (Å²) < 4.78 is 0. The lowest BCUT2D eigenvalue weighted by atomic mass is 10.2. The molecule has 8 nitrogen and oxygen atoms in total. The van der Waals surface area contributed by atoms with Crippen LogP contribution in [0.4, 0.5) is 10.5 Å². The average molecular weight is 458 g/mol. The highest BCUT2D eigenvalue weighted by atomic mass is 35.5. The molecule has 1 saturated heterocycles. The normalized spacial score (nSPS) is 15.1. The Bertz CT molecular complexity index is 1080. The van der Waals surface area contributed by atoms with Crippen molar-refractivity contribution in [1.29, 1.82) is 0 Å². The zero-order valence-corrected chi connectivity index (χ0v) is 17.6. The van der Waals surface area contributed by atoms with Crippen molar-refractivity contribution < 1.29 is 19.3 Å². The van der Waals surface area contributed by atoms with Gasteiger partial charge in [-0.1, -0.05) is 23.7 Å². The number of imide groups is 1. The molecule has 0 unspecified atom stereocenters. The molecule has 0 saturated carbocycles. The smallest absolute Gasteiger partial charge is 0.293 e. The highest BCUT2D eigenvalue weighted by Crippen LogP contribution is 2.32. The minimum Gasteiger partial charge on any atom is -0.351 e. The van der Waals surface area contributed by atoms with Crippen molar-refractivity contribution in [2.75, 3.05) is 13.1 Å². The topological polar surface area (TPSA) is 110 Å². The second kappa shape index (κ2) is 10.1. The van der Waals surface area contributed by atoms with E-state index in [9.17, 15) is 24.5 Å². The number of rotatable bonds is 7. The second-order valence-electron chi connectivity index (χ2n) is 6.36. The number of nitro benzene ring substituents is 1. The van der Waals surface area contributed by atoms with Gasteiger partial charge in [-0.25, -0.2) is 0 Å².